The lowest BCUT2D eigenvalue weighted by molar-refractivity contribution is -0.132. The molecule has 3 rings (SSSR count). The number of benzene rings is 2. The summed E-state index contributed by atoms with van der Waals surface area (Å²) in [7, 11) is 2.02. The normalized spacial score (nSPS) is 16.8. The molecule has 0 aromatic heterocycles. The largest absolute Gasteiger partial charge is 0.354 e. The minimum Gasteiger partial charge on any atom is -0.354 e. The number of amides is 2. The zero-order valence-electron chi connectivity index (χ0n) is 15.4. The Bertz CT molecular complexity index is 797. The molecule has 142 valence electrons. The van der Waals surface area contributed by atoms with E-state index in [0.29, 0.717) is 19.5 Å². The Morgan fingerprint density at radius 3 is 2.74 bits per heavy atom. The molecule has 0 bridgehead atoms. The topological polar surface area (TPSA) is 52.7 Å². The predicted molar refractivity (Wildman–Crippen MR) is 110 cm³/mol. The number of hydrogen-bond acceptors (Lipinski definition) is 3. The van der Waals surface area contributed by atoms with E-state index < -0.39 is 5.92 Å². The van der Waals surface area contributed by atoms with E-state index in [4.69, 9.17) is 0 Å². The molecule has 5 nitrogen and oxygen atoms in total. The molecule has 0 aliphatic carbocycles. The van der Waals surface area contributed by atoms with Crippen molar-refractivity contribution in [2.75, 3.05) is 31.6 Å². The SMILES string of the molecule is CN(CCNC(=O)C1CCN(c2cccc(Br)c2)C1=O)Cc1ccccc1. The lowest BCUT2D eigenvalue weighted by atomic mass is 10.1. The van der Waals surface area contributed by atoms with Crippen molar-refractivity contribution in [3.05, 3.63) is 64.6 Å². The van der Waals surface area contributed by atoms with Crippen molar-refractivity contribution in [3.63, 3.8) is 0 Å². The van der Waals surface area contributed by atoms with E-state index in [-0.39, 0.29) is 11.8 Å². The van der Waals surface area contributed by atoms with Crippen LogP contribution in [0, 0.1) is 5.92 Å². The van der Waals surface area contributed by atoms with Gasteiger partial charge in [-0.3, -0.25) is 9.59 Å². The highest BCUT2D eigenvalue weighted by molar-refractivity contribution is 9.10. The van der Waals surface area contributed by atoms with Crippen molar-refractivity contribution in [1.82, 2.24) is 10.2 Å². The summed E-state index contributed by atoms with van der Waals surface area (Å²) in [4.78, 5) is 28.9. The molecule has 0 spiro atoms. The van der Waals surface area contributed by atoms with Gasteiger partial charge in [0, 0.05) is 36.3 Å². The molecule has 2 amide bonds. The standard InChI is InChI=1S/C21H24BrN3O2/c1-24(15-16-6-3-2-4-7-16)13-11-23-20(26)19-10-12-25(21(19)27)18-9-5-8-17(22)14-18/h2-9,14,19H,10-13,15H2,1H3,(H,23,26). The Morgan fingerprint density at radius 1 is 1.22 bits per heavy atom. The predicted octanol–water partition coefficient (Wildman–Crippen LogP) is 3.05. The number of carbonyl (C=O) groups excluding carboxylic acids is 2. The highest BCUT2D eigenvalue weighted by atomic mass is 79.9. The van der Waals surface area contributed by atoms with E-state index in [2.05, 4.69) is 38.3 Å². The van der Waals surface area contributed by atoms with E-state index in [1.165, 1.54) is 5.56 Å². The Labute approximate surface area is 168 Å². The lowest BCUT2D eigenvalue weighted by Crippen LogP contribution is -2.39. The van der Waals surface area contributed by atoms with E-state index in [9.17, 15) is 9.59 Å². The number of hydrogen-bond donors (Lipinski definition) is 1. The van der Waals surface area contributed by atoms with Crippen LogP contribution in [0.5, 0.6) is 0 Å². The molecule has 0 saturated carbocycles. The Hall–Kier alpha value is -2.18. The Balaban J connectivity index is 1.46. The van der Waals surface area contributed by atoms with Crippen LogP contribution in [0.2, 0.25) is 0 Å². The maximum atomic E-state index is 12.6. The Morgan fingerprint density at radius 2 is 2.00 bits per heavy atom. The van der Waals surface area contributed by atoms with Crippen molar-refractivity contribution in [2.45, 2.75) is 13.0 Å². The van der Waals surface area contributed by atoms with E-state index in [1.54, 1.807) is 4.90 Å². The van der Waals surface area contributed by atoms with E-state index >= 15 is 0 Å². The molecular weight excluding hydrogens is 406 g/mol. The second-order valence-corrected chi connectivity index (χ2v) is 7.74. The van der Waals surface area contributed by atoms with Crippen LogP contribution in [0.3, 0.4) is 0 Å². The summed E-state index contributed by atoms with van der Waals surface area (Å²) in [5, 5.41) is 2.92. The highest BCUT2D eigenvalue weighted by Gasteiger charge is 2.37. The van der Waals surface area contributed by atoms with Gasteiger partial charge in [-0.15, -0.1) is 0 Å². The van der Waals surface area contributed by atoms with E-state index in [0.717, 1.165) is 23.2 Å². The zero-order valence-corrected chi connectivity index (χ0v) is 17.0. The fourth-order valence-corrected chi connectivity index (χ4v) is 3.68. The number of rotatable bonds is 7. The zero-order chi connectivity index (χ0) is 19.2. The van der Waals surface area contributed by atoms with Crippen molar-refractivity contribution in [3.8, 4) is 0 Å². The third-order valence-corrected chi connectivity index (χ3v) is 5.22. The average Bonchev–Trinajstić information content (AvgIpc) is 3.04. The van der Waals surface area contributed by atoms with Crippen LogP contribution >= 0.6 is 15.9 Å². The smallest absolute Gasteiger partial charge is 0.239 e. The summed E-state index contributed by atoms with van der Waals surface area (Å²) in [5.41, 5.74) is 2.06. The van der Waals surface area contributed by atoms with Gasteiger partial charge in [0.25, 0.3) is 0 Å². The van der Waals surface area contributed by atoms with Gasteiger partial charge in [0.05, 0.1) is 0 Å². The minimum absolute atomic E-state index is 0.122. The quantitative estimate of drug-likeness (QED) is 0.688. The number of anilines is 1. The summed E-state index contributed by atoms with van der Waals surface area (Å²) >= 11 is 3.42. The van der Waals surface area contributed by atoms with Crippen LogP contribution in [0.15, 0.2) is 59.1 Å². The first-order chi connectivity index (χ1) is 13.0. The maximum absolute atomic E-state index is 12.6. The van der Waals surface area contributed by atoms with Gasteiger partial charge in [0.2, 0.25) is 11.8 Å². The fourth-order valence-electron chi connectivity index (χ4n) is 3.29. The first kappa shape index (κ1) is 19.6. The number of halogens is 1. The molecule has 1 fully saturated rings. The molecule has 1 heterocycles. The Kier molecular flexibility index (Phi) is 6.63. The first-order valence-electron chi connectivity index (χ1n) is 9.12. The monoisotopic (exact) mass is 429 g/mol. The van der Waals surface area contributed by atoms with Crippen LogP contribution in [0.4, 0.5) is 5.69 Å². The highest BCUT2D eigenvalue weighted by Crippen LogP contribution is 2.27. The van der Waals surface area contributed by atoms with Crippen LogP contribution in [0.25, 0.3) is 0 Å². The van der Waals surface area contributed by atoms with Crippen LogP contribution in [0.1, 0.15) is 12.0 Å². The average molecular weight is 430 g/mol. The molecule has 1 atom stereocenters. The number of carbonyl (C=O) groups is 2. The fraction of sp³-hybridized carbons (Fsp3) is 0.333. The van der Waals surface area contributed by atoms with Gasteiger partial charge in [-0.05, 0) is 37.2 Å². The summed E-state index contributed by atoms with van der Waals surface area (Å²) in [6, 6.07) is 17.8. The summed E-state index contributed by atoms with van der Waals surface area (Å²) in [6.45, 7) is 2.66. The molecule has 2 aromatic carbocycles. The molecule has 1 aliphatic rings. The van der Waals surface area contributed by atoms with Gasteiger partial charge in [-0.1, -0.05) is 52.3 Å². The molecule has 2 aromatic rings. The molecule has 1 N–H and O–H groups in total. The lowest BCUT2D eigenvalue weighted by Gasteiger charge is -2.19. The van der Waals surface area contributed by atoms with Gasteiger partial charge in [-0.25, -0.2) is 0 Å². The van der Waals surface area contributed by atoms with Gasteiger partial charge >= 0.3 is 0 Å². The summed E-state index contributed by atoms with van der Waals surface area (Å²) in [6.07, 6.45) is 0.553. The van der Waals surface area contributed by atoms with Gasteiger partial charge in [0.15, 0.2) is 0 Å². The third kappa shape index (κ3) is 5.17. The molecule has 1 aliphatic heterocycles. The molecule has 0 radical (unpaired) electrons. The number of nitrogens with one attached hydrogen (secondary N) is 1. The molecule has 27 heavy (non-hydrogen) atoms. The van der Waals surface area contributed by atoms with E-state index in [1.807, 2.05) is 49.5 Å². The summed E-state index contributed by atoms with van der Waals surface area (Å²) < 4.78 is 0.919. The van der Waals surface area contributed by atoms with Crippen molar-refractivity contribution < 1.29 is 9.59 Å². The van der Waals surface area contributed by atoms with Gasteiger partial charge < -0.3 is 15.1 Å². The number of nitrogens with zero attached hydrogens (tertiary/aromatic N) is 2. The second-order valence-electron chi connectivity index (χ2n) is 6.83. The molecule has 1 saturated heterocycles. The van der Waals surface area contributed by atoms with Gasteiger partial charge in [0.1, 0.15) is 5.92 Å². The van der Waals surface area contributed by atoms with Crippen molar-refractivity contribution in [1.29, 1.82) is 0 Å². The number of likely N-dealkylation sites (N-methyl/N-ethyl adjacent to an activating group) is 1. The van der Waals surface area contributed by atoms with Crippen molar-refractivity contribution in [2.24, 2.45) is 5.92 Å². The maximum Gasteiger partial charge on any atom is 0.239 e. The molecule has 6 heteroatoms. The van der Waals surface area contributed by atoms with Crippen molar-refractivity contribution >= 4 is 33.4 Å². The van der Waals surface area contributed by atoms with Gasteiger partial charge in [-0.2, -0.15) is 0 Å². The van der Waals surface area contributed by atoms with Crippen LogP contribution in [-0.4, -0.2) is 43.4 Å². The van der Waals surface area contributed by atoms with Crippen LogP contribution in [-0.2, 0) is 16.1 Å². The van der Waals surface area contributed by atoms with Crippen LogP contribution < -0.4 is 10.2 Å². The molecule has 1 unspecified atom stereocenters. The molecular formula is C21H24BrN3O2. The summed E-state index contributed by atoms with van der Waals surface area (Å²) in [5.74, 6) is -0.891. The first-order valence-corrected chi connectivity index (χ1v) is 9.91. The third-order valence-electron chi connectivity index (χ3n) is 4.73. The minimum atomic E-state index is -0.594. The second kappa shape index (κ2) is 9.15.